The third kappa shape index (κ3) is 9.95. The van der Waals surface area contributed by atoms with Crippen LogP contribution in [0.3, 0.4) is 0 Å². The molecule has 154 valence electrons. The van der Waals surface area contributed by atoms with E-state index in [2.05, 4.69) is 20.8 Å². The first-order chi connectivity index (χ1) is 13.2. The summed E-state index contributed by atoms with van der Waals surface area (Å²) in [5, 5.41) is 0. The maximum absolute atomic E-state index is 12.3. The van der Waals surface area contributed by atoms with Crippen LogP contribution in [0.1, 0.15) is 88.9 Å². The van der Waals surface area contributed by atoms with E-state index in [1.165, 1.54) is 77.4 Å². The third-order valence-corrected chi connectivity index (χ3v) is 5.52. The highest BCUT2D eigenvalue weighted by molar-refractivity contribution is 5.89. The van der Waals surface area contributed by atoms with Crippen molar-refractivity contribution in [2.45, 2.75) is 78.6 Å². The molecule has 0 atom stereocenters. The van der Waals surface area contributed by atoms with Gasteiger partial charge in [0.15, 0.2) is 0 Å². The van der Waals surface area contributed by atoms with Crippen molar-refractivity contribution in [2.24, 2.45) is 0 Å². The number of esters is 1. The predicted octanol–water partition coefficient (Wildman–Crippen LogP) is 6.23. The van der Waals surface area contributed by atoms with Crippen molar-refractivity contribution >= 4 is 5.97 Å². The largest absolute Gasteiger partial charge is 0.456 e. The Bertz CT molecular complexity index is 460. The average molecular weight is 377 g/mol. The SMILES string of the molecule is CCCCC[N+](CCCCC)(CCCCC)CCOC(=O)c1ccccc1. The molecule has 0 amide bonds. The van der Waals surface area contributed by atoms with Crippen LogP contribution < -0.4 is 0 Å². The number of hydrogen-bond donors (Lipinski definition) is 0. The number of ether oxygens (including phenoxy) is 1. The predicted molar refractivity (Wildman–Crippen MR) is 115 cm³/mol. The molecule has 1 aromatic rings. The zero-order chi connectivity index (χ0) is 19.8. The molecule has 0 aromatic heterocycles. The average Bonchev–Trinajstić information content (AvgIpc) is 2.69. The fraction of sp³-hybridized carbons (Fsp3) is 0.708. The number of unbranched alkanes of at least 4 members (excludes halogenated alkanes) is 6. The summed E-state index contributed by atoms with van der Waals surface area (Å²) in [6.07, 6.45) is 11.5. The molecule has 0 fully saturated rings. The summed E-state index contributed by atoms with van der Waals surface area (Å²) in [6.45, 7) is 12.0. The second kappa shape index (κ2) is 14.7. The van der Waals surface area contributed by atoms with Gasteiger partial charge in [0, 0.05) is 0 Å². The van der Waals surface area contributed by atoms with Crippen molar-refractivity contribution in [3.05, 3.63) is 35.9 Å². The monoisotopic (exact) mass is 376 g/mol. The lowest BCUT2D eigenvalue weighted by Crippen LogP contribution is -2.52. The third-order valence-electron chi connectivity index (χ3n) is 5.52. The van der Waals surface area contributed by atoms with E-state index in [0.29, 0.717) is 12.2 Å². The van der Waals surface area contributed by atoms with Gasteiger partial charge in [-0.3, -0.25) is 0 Å². The Morgan fingerprint density at radius 2 is 1.22 bits per heavy atom. The quantitative estimate of drug-likeness (QED) is 0.194. The van der Waals surface area contributed by atoms with Gasteiger partial charge < -0.3 is 9.22 Å². The number of carbonyl (C=O) groups excluding carboxylic acids is 1. The summed E-state index contributed by atoms with van der Waals surface area (Å²) in [6, 6.07) is 9.35. The molecule has 0 heterocycles. The van der Waals surface area contributed by atoms with Gasteiger partial charge in [-0.25, -0.2) is 4.79 Å². The minimum absolute atomic E-state index is 0.190. The lowest BCUT2D eigenvalue weighted by Gasteiger charge is -2.39. The fourth-order valence-electron chi connectivity index (χ4n) is 3.75. The van der Waals surface area contributed by atoms with Crippen LogP contribution in [0.2, 0.25) is 0 Å². The van der Waals surface area contributed by atoms with Gasteiger partial charge >= 0.3 is 5.97 Å². The first-order valence-electron chi connectivity index (χ1n) is 11.2. The van der Waals surface area contributed by atoms with E-state index >= 15 is 0 Å². The van der Waals surface area contributed by atoms with Gasteiger partial charge in [-0.05, 0) is 50.7 Å². The van der Waals surface area contributed by atoms with Crippen LogP contribution in [0.15, 0.2) is 30.3 Å². The molecule has 0 radical (unpaired) electrons. The molecule has 1 rings (SSSR count). The van der Waals surface area contributed by atoms with Crippen LogP contribution in [0.4, 0.5) is 0 Å². The lowest BCUT2D eigenvalue weighted by atomic mass is 10.1. The number of carbonyl (C=O) groups is 1. The summed E-state index contributed by atoms with van der Waals surface area (Å²) in [7, 11) is 0. The molecule has 0 spiro atoms. The Morgan fingerprint density at radius 3 is 1.67 bits per heavy atom. The van der Waals surface area contributed by atoms with Crippen LogP contribution in [-0.4, -0.2) is 43.2 Å². The van der Waals surface area contributed by atoms with Gasteiger partial charge in [0.2, 0.25) is 0 Å². The van der Waals surface area contributed by atoms with Crippen LogP contribution in [-0.2, 0) is 4.74 Å². The van der Waals surface area contributed by atoms with Gasteiger partial charge in [-0.2, -0.15) is 0 Å². The molecule has 3 heteroatoms. The zero-order valence-electron chi connectivity index (χ0n) is 18.0. The summed E-state index contributed by atoms with van der Waals surface area (Å²) >= 11 is 0. The van der Waals surface area contributed by atoms with Crippen LogP contribution in [0, 0.1) is 0 Å². The Hall–Kier alpha value is -1.35. The molecule has 0 saturated carbocycles. The number of rotatable bonds is 16. The molecule has 3 nitrogen and oxygen atoms in total. The Morgan fingerprint density at radius 1 is 0.741 bits per heavy atom. The van der Waals surface area contributed by atoms with E-state index in [9.17, 15) is 4.79 Å². The zero-order valence-corrected chi connectivity index (χ0v) is 18.0. The number of benzene rings is 1. The van der Waals surface area contributed by atoms with Gasteiger partial charge in [0.25, 0.3) is 0 Å². The van der Waals surface area contributed by atoms with Crippen molar-refractivity contribution in [3.8, 4) is 0 Å². The molecule has 0 aliphatic rings. The maximum Gasteiger partial charge on any atom is 0.338 e. The highest BCUT2D eigenvalue weighted by Crippen LogP contribution is 2.17. The highest BCUT2D eigenvalue weighted by Gasteiger charge is 2.26. The van der Waals surface area contributed by atoms with Gasteiger partial charge in [0.05, 0.1) is 25.2 Å². The van der Waals surface area contributed by atoms with Crippen LogP contribution in [0.5, 0.6) is 0 Å². The molecule has 0 bridgehead atoms. The van der Waals surface area contributed by atoms with Crippen molar-refractivity contribution in [1.29, 1.82) is 0 Å². The maximum atomic E-state index is 12.3. The topological polar surface area (TPSA) is 26.3 Å². The molecule has 27 heavy (non-hydrogen) atoms. The molecule has 0 aliphatic carbocycles. The minimum Gasteiger partial charge on any atom is -0.456 e. The Balaban J connectivity index is 2.67. The first kappa shape index (κ1) is 23.7. The molecule has 0 saturated heterocycles. The molecule has 0 N–H and O–H groups in total. The van der Waals surface area contributed by atoms with E-state index in [0.717, 1.165) is 11.0 Å². The van der Waals surface area contributed by atoms with Crippen LogP contribution in [0.25, 0.3) is 0 Å². The normalized spacial score (nSPS) is 11.5. The van der Waals surface area contributed by atoms with Crippen molar-refractivity contribution in [3.63, 3.8) is 0 Å². The van der Waals surface area contributed by atoms with E-state index in [4.69, 9.17) is 4.74 Å². The first-order valence-corrected chi connectivity index (χ1v) is 11.2. The standard InChI is InChI=1S/C24H42NO2/c1-4-7-13-18-25(19-14-8-5-2,20-15-9-6-3)21-22-27-24(26)23-16-11-10-12-17-23/h10-12,16-17H,4-9,13-15,18-22H2,1-3H3/q+1. The minimum atomic E-state index is -0.190. The van der Waals surface area contributed by atoms with Crippen molar-refractivity contribution in [1.82, 2.24) is 0 Å². The number of hydrogen-bond acceptors (Lipinski definition) is 2. The van der Waals surface area contributed by atoms with E-state index in [1.807, 2.05) is 30.3 Å². The van der Waals surface area contributed by atoms with Gasteiger partial charge in [0.1, 0.15) is 13.2 Å². The van der Waals surface area contributed by atoms with E-state index in [1.54, 1.807) is 0 Å². The van der Waals surface area contributed by atoms with Crippen molar-refractivity contribution in [2.75, 3.05) is 32.8 Å². The molecular weight excluding hydrogens is 334 g/mol. The lowest BCUT2D eigenvalue weighted by molar-refractivity contribution is -0.929. The Labute approximate surface area is 167 Å². The summed E-state index contributed by atoms with van der Waals surface area (Å²) in [4.78, 5) is 12.3. The van der Waals surface area contributed by atoms with E-state index in [-0.39, 0.29) is 5.97 Å². The summed E-state index contributed by atoms with van der Waals surface area (Å²) < 4.78 is 6.78. The summed E-state index contributed by atoms with van der Waals surface area (Å²) in [5.74, 6) is -0.190. The van der Waals surface area contributed by atoms with Gasteiger partial charge in [-0.15, -0.1) is 0 Å². The molecule has 0 unspecified atom stereocenters. The second-order valence-electron chi connectivity index (χ2n) is 7.86. The highest BCUT2D eigenvalue weighted by atomic mass is 16.5. The van der Waals surface area contributed by atoms with E-state index < -0.39 is 0 Å². The van der Waals surface area contributed by atoms with Crippen LogP contribution >= 0.6 is 0 Å². The molecular formula is C24H42NO2+. The second-order valence-corrected chi connectivity index (χ2v) is 7.86. The summed E-state index contributed by atoms with van der Waals surface area (Å²) in [5.41, 5.74) is 0.651. The number of quaternary nitrogens is 1. The van der Waals surface area contributed by atoms with Crippen molar-refractivity contribution < 1.29 is 14.0 Å². The smallest absolute Gasteiger partial charge is 0.338 e. The number of nitrogens with zero attached hydrogens (tertiary/aromatic N) is 1. The Kier molecular flexibility index (Phi) is 12.9. The van der Waals surface area contributed by atoms with Gasteiger partial charge in [-0.1, -0.05) is 58.2 Å². The molecule has 0 aliphatic heterocycles. The molecule has 1 aromatic carbocycles. The fourth-order valence-corrected chi connectivity index (χ4v) is 3.75.